The molecule has 0 saturated carbocycles. The number of benzene rings is 1. The van der Waals surface area contributed by atoms with Gasteiger partial charge in [0.1, 0.15) is 0 Å². The number of para-hydroxylation sites is 1. The van der Waals surface area contributed by atoms with E-state index in [1.165, 1.54) is 42.7 Å². The Morgan fingerprint density at radius 1 is 1.18 bits per heavy atom. The van der Waals surface area contributed by atoms with Gasteiger partial charge in [0.05, 0.1) is 0 Å². The maximum Gasteiger partial charge on any atom is 0.0425 e. The van der Waals surface area contributed by atoms with E-state index >= 15 is 0 Å². The number of rotatable bonds is 3. The normalized spacial score (nSPS) is 17.5. The zero-order chi connectivity index (χ0) is 12.3. The van der Waals surface area contributed by atoms with Crippen LogP contribution in [0.1, 0.15) is 30.9 Å². The maximum absolute atomic E-state index is 3.56. The number of aryl methyl sites for hydroxylation is 2. The van der Waals surface area contributed by atoms with Gasteiger partial charge in [-0.15, -0.1) is 0 Å². The highest BCUT2D eigenvalue weighted by Gasteiger charge is 2.20. The zero-order valence-electron chi connectivity index (χ0n) is 11.3. The molecule has 1 N–H and O–H groups in total. The van der Waals surface area contributed by atoms with Gasteiger partial charge in [-0.3, -0.25) is 0 Å². The standard InChI is InChI=1S/C15H24N2/c1-4-16-14-8-10-17(11-9-14)15-12(2)6-5-7-13(15)3/h5-7,14,16H,4,8-11H2,1-3H3. The molecule has 0 spiro atoms. The fourth-order valence-electron chi connectivity index (χ4n) is 2.90. The van der Waals surface area contributed by atoms with E-state index in [1.807, 2.05) is 0 Å². The van der Waals surface area contributed by atoms with Crippen LogP contribution in [0, 0.1) is 13.8 Å². The van der Waals surface area contributed by atoms with Crippen molar-refractivity contribution in [2.75, 3.05) is 24.5 Å². The molecule has 0 atom stereocenters. The van der Waals surface area contributed by atoms with Gasteiger partial charge >= 0.3 is 0 Å². The van der Waals surface area contributed by atoms with Crippen molar-refractivity contribution in [2.24, 2.45) is 0 Å². The highest BCUT2D eigenvalue weighted by atomic mass is 15.1. The third-order valence-electron chi connectivity index (χ3n) is 3.74. The predicted molar refractivity (Wildman–Crippen MR) is 74.8 cm³/mol. The van der Waals surface area contributed by atoms with Crippen molar-refractivity contribution in [1.82, 2.24) is 5.32 Å². The van der Waals surface area contributed by atoms with Crippen LogP contribution in [0.15, 0.2) is 18.2 Å². The molecule has 0 unspecified atom stereocenters. The van der Waals surface area contributed by atoms with Gasteiger partial charge in [-0.05, 0) is 44.4 Å². The van der Waals surface area contributed by atoms with Crippen LogP contribution in [0.5, 0.6) is 0 Å². The molecule has 1 fully saturated rings. The Bertz CT molecular complexity index is 345. The Kier molecular flexibility index (Phi) is 4.06. The molecular formula is C15H24N2. The van der Waals surface area contributed by atoms with Gasteiger partial charge in [-0.2, -0.15) is 0 Å². The van der Waals surface area contributed by atoms with Crippen LogP contribution in [0.4, 0.5) is 5.69 Å². The van der Waals surface area contributed by atoms with Crippen LogP contribution >= 0.6 is 0 Å². The number of nitrogens with zero attached hydrogens (tertiary/aromatic N) is 1. The van der Waals surface area contributed by atoms with Gasteiger partial charge in [-0.1, -0.05) is 25.1 Å². The second-order valence-electron chi connectivity index (χ2n) is 5.06. The van der Waals surface area contributed by atoms with Crippen molar-refractivity contribution in [3.63, 3.8) is 0 Å². The van der Waals surface area contributed by atoms with Gasteiger partial charge in [-0.25, -0.2) is 0 Å². The quantitative estimate of drug-likeness (QED) is 0.862. The van der Waals surface area contributed by atoms with Crippen LogP contribution in [-0.4, -0.2) is 25.7 Å². The molecule has 0 amide bonds. The first-order valence-corrected chi connectivity index (χ1v) is 6.77. The van der Waals surface area contributed by atoms with Crippen molar-refractivity contribution in [1.29, 1.82) is 0 Å². The van der Waals surface area contributed by atoms with Crippen LogP contribution in [0.25, 0.3) is 0 Å². The molecule has 2 rings (SSSR count). The lowest BCUT2D eigenvalue weighted by molar-refractivity contribution is 0.423. The molecule has 17 heavy (non-hydrogen) atoms. The van der Waals surface area contributed by atoms with E-state index in [2.05, 4.69) is 49.2 Å². The summed E-state index contributed by atoms with van der Waals surface area (Å²) in [7, 11) is 0. The van der Waals surface area contributed by atoms with Gasteiger partial charge < -0.3 is 10.2 Å². The average Bonchev–Trinajstić information content (AvgIpc) is 2.31. The maximum atomic E-state index is 3.56. The number of hydrogen-bond acceptors (Lipinski definition) is 2. The first-order chi connectivity index (χ1) is 8.22. The molecule has 1 aromatic rings. The molecule has 1 saturated heterocycles. The molecule has 0 aliphatic carbocycles. The first kappa shape index (κ1) is 12.4. The number of anilines is 1. The lowest BCUT2D eigenvalue weighted by Gasteiger charge is -2.35. The molecule has 1 aliphatic heterocycles. The third-order valence-corrected chi connectivity index (χ3v) is 3.74. The van der Waals surface area contributed by atoms with Crippen molar-refractivity contribution in [3.05, 3.63) is 29.3 Å². The van der Waals surface area contributed by atoms with Gasteiger partial charge in [0.25, 0.3) is 0 Å². The molecule has 0 bridgehead atoms. The minimum atomic E-state index is 0.723. The van der Waals surface area contributed by atoms with Crippen molar-refractivity contribution < 1.29 is 0 Å². The largest absolute Gasteiger partial charge is 0.371 e. The summed E-state index contributed by atoms with van der Waals surface area (Å²) in [6.07, 6.45) is 2.53. The lowest BCUT2D eigenvalue weighted by Crippen LogP contribution is -2.42. The Morgan fingerprint density at radius 3 is 2.29 bits per heavy atom. The van der Waals surface area contributed by atoms with Crippen molar-refractivity contribution in [3.8, 4) is 0 Å². The van der Waals surface area contributed by atoms with E-state index in [4.69, 9.17) is 0 Å². The Morgan fingerprint density at radius 2 is 1.76 bits per heavy atom. The smallest absolute Gasteiger partial charge is 0.0425 e. The van der Waals surface area contributed by atoms with Gasteiger partial charge in [0.15, 0.2) is 0 Å². The molecule has 94 valence electrons. The average molecular weight is 232 g/mol. The van der Waals surface area contributed by atoms with E-state index in [0.29, 0.717) is 0 Å². The monoisotopic (exact) mass is 232 g/mol. The van der Waals surface area contributed by atoms with Crippen LogP contribution in [0.2, 0.25) is 0 Å². The van der Waals surface area contributed by atoms with Gasteiger partial charge in [0, 0.05) is 24.8 Å². The minimum Gasteiger partial charge on any atom is -0.371 e. The Hall–Kier alpha value is -1.02. The SMILES string of the molecule is CCNC1CCN(c2c(C)cccc2C)CC1. The molecule has 1 aromatic carbocycles. The molecular weight excluding hydrogens is 208 g/mol. The summed E-state index contributed by atoms with van der Waals surface area (Å²) in [6.45, 7) is 10.1. The molecule has 0 radical (unpaired) electrons. The predicted octanol–water partition coefficient (Wildman–Crippen LogP) is 2.88. The van der Waals surface area contributed by atoms with Crippen LogP contribution < -0.4 is 10.2 Å². The lowest BCUT2D eigenvalue weighted by atomic mass is 10.0. The topological polar surface area (TPSA) is 15.3 Å². The highest BCUT2D eigenvalue weighted by Crippen LogP contribution is 2.27. The Labute approximate surface area is 105 Å². The van der Waals surface area contributed by atoms with E-state index < -0.39 is 0 Å². The molecule has 1 aliphatic rings. The molecule has 0 aromatic heterocycles. The zero-order valence-corrected chi connectivity index (χ0v) is 11.3. The summed E-state index contributed by atoms with van der Waals surface area (Å²) in [5, 5.41) is 3.56. The van der Waals surface area contributed by atoms with E-state index in [1.54, 1.807) is 0 Å². The summed E-state index contributed by atoms with van der Waals surface area (Å²) in [5.74, 6) is 0. The van der Waals surface area contributed by atoms with Crippen molar-refractivity contribution in [2.45, 2.75) is 39.7 Å². The molecule has 1 heterocycles. The number of nitrogens with one attached hydrogen (secondary N) is 1. The Balaban J connectivity index is 2.05. The first-order valence-electron chi connectivity index (χ1n) is 6.77. The summed E-state index contributed by atoms with van der Waals surface area (Å²) in [6, 6.07) is 7.32. The van der Waals surface area contributed by atoms with Crippen LogP contribution in [-0.2, 0) is 0 Å². The minimum absolute atomic E-state index is 0.723. The highest BCUT2D eigenvalue weighted by molar-refractivity contribution is 5.59. The second-order valence-corrected chi connectivity index (χ2v) is 5.06. The van der Waals surface area contributed by atoms with Crippen molar-refractivity contribution >= 4 is 5.69 Å². The summed E-state index contributed by atoms with van der Waals surface area (Å²) in [5.41, 5.74) is 4.28. The van der Waals surface area contributed by atoms with E-state index in [0.717, 1.165) is 12.6 Å². The number of hydrogen-bond donors (Lipinski definition) is 1. The fourth-order valence-corrected chi connectivity index (χ4v) is 2.90. The molecule has 2 nitrogen and oxygen atoms in total. The summed E-state index contributed by atoms with van der Waals surface area (Å²) >= 11 is 0. The van der Waals surface area contributed by atoms with Gasteiger partial charge in [0.2, 0.25) is 0 Å². The second kappa shape index (κ2) is 5.54. The van der Waals surface area contributed by atoms with E-state index in [9.17, 15) is 0 Å². The third kappa shape index (κ3) is 2.81. The number of piperidine rings is 1. The molecule has 2 heteroatoms. The fraction of sp³-hybridized carbons (Fsp3) is 0.600. The summed E-state index contributed by atoms with van der Waals surface area (Å²) < 4.78 is 0. The summed E-state index contributed by atoms with van der Waals surface area (Å²) in [4.78, 5) is 2.55. The van der Waals surface area contributed by atoms with E-state index in [-0.39, 0.29) is 0 Å². The van der Waals surface area contributed by atoms with Crippen LogP contribution in [0.3, 0.4) is 0 Å².